The number of alkyl halides is 3. The van der Waals surface area contributed by atoms with Crippen molar-refractivity contribution in [3.8, 4) is 0 Å². The van der Waals surface area contributed by atoms with E-state index in [-0.39, 0.29) is 5.54 Å². The second kappa shape index (κ2) is 6.22. The zero-order valence-corrected chi connectivity index (χ0v) is 12.9. The Morgan fingerprint density at radius 3 is 2.30 bits per heavy atom. The molecule has 0 aliphatic heterocycles. The van der Waals surface area contributed by atoms with Gasteiger partial charge in [-0.25, -0.2) is 0 Å². The minimum Gasteiger partial charge on any atom is -0.365 e. The largest absolute Gasteiger partial charge is 0.405 e. The third-order valence-electron chi connectivity index (χ3n) is 2.72. The summed E-state index contributed by atoms with van der Waals surface area (Å²) in [6, 6.07) is 4.99. The van der Waals surface area contributed by atoms with Gasteiger partial charge < -0.3 is 10.2 Å². The molecule has 0 heterocycles. The lowest BCUT2D eigenvalue weighted by molar-refractivity contribution is -0.119. The van der Waals surface area contributed by atoms with E-state index in [2.05, 4.69) is 5.32 Å². The van der Waals surface area contributed by atoms with Gasteiger partial charge in [-0.1, -0.05) is 17.7 Å². The van der Waals surface area contributed by atoms with Gasteiger partial charge in [0, 0.05) is 35.4 Å². The van der Waals surface area contributed by atoms with Gasteiger partial charge in [0.1, 0.15) is 6.54 Å². The van der Waals surface area contributed by atoms with Gasteiger partial charge in [-0.2, -0.15) is 13.2 Å². The highest BCUT2D eigenvalue weighted by Crippen LogP contribution is 2.29. The van der Waals surface area contributed by atoms with Gasteiger partial charge in [0.05, 0.1) is 0 Å². The first-order valence-electron chi connectivity index (χ1n) is 6.30. The average Bonchev–Trinajstić information content (AvgIpc) is 2.23. The molecule has 1 rings (SSSR count). The highest BCUT2D eigenvalue weighted by atomic mass is 35.5. The molecule has 20 heavy (non-hydrogen) atoms. The van der Waals surface area contributed by atoms with Crippen LogP contribution in [0.2, 0.25) is 5.02 Å². The number of hydrogen-bond acceptors (Lipinski definition) is 2. The van der Waals surface area contributed by atoms with E-state index in [0.717, 1.165) is 0 Å². The summed E-state index contributed by atoms with van der Waals surface area (Å²) in [7, 11) is 1.42. The predicted octanol–water partition coefficient (Wildman–Crippen LogP) is 4.23. The summed E-state index contributed by atoms with van der Waals surface area (Å²) in [6.07, 6.45) is -4.24. The standard InChI is InChI=1S/C14H20ClF3N2/c1-13(2,3)19-8-10-11(15)6-5-7-12(10)20(4)9-14(16,17)18/h5-7,19H,8-9H2,1-4H3. The van der Waals surface area contributed by atoms with Crippen molar-refractivity contribution >= 4 is 17.3 Å². The molecular formula is C14H20ClF3N2. The minimum atomic E-state index is -4.24. The molecule has 0 fully saturated rings. The molecule has 2 nitrogen and oxygen atoms in total. The number of benzene rings is 1. The lowest BCUT2D eigenvalue weighted by Gasteiger charge is -2.27. The second-order valence-electron chi connectivity index (χ2n) is 5.81. The monoisotopic (exact) mass is 308 g/mol. The molecule has 0 unspecified atom stereocenters. The smallest absolute Gasteiger partial charge is 0.365 e. The quantitative estimate of drug-likeness (QED) is 0.895. The van der Waals surface area contributed by atoms with Crippen LogP contribution in [0.25, 0.3) is 0 Å². The van der Waals surface area contributed by atoms with Gasteiger partial charge in [-0.05, 0) is 32.9 Å². The van der Waals surface area contributed by atoms with Crippen molar-refractivity contribution in [3.63, 3.8) is 0 Å². The molecule has 6 heteroatoms. The molecule has 0 atom stereocenters. The van der Waals surface area contributed by atoms with E-state index in [4.69, 9.17) is 11.6 Å². The summed E-state index contributed by atoms with van der Waals surface area (Å²) in [5.74, 6) is 0. The number of halogens is 4. The van der Waals surface area contributed by atoms with Gasteiger partial charge in [-0.15, -0.1) is 0 Å². The summed E-state index contributed by atoms with van der Waals surface area (Å²) in [5.41, 5.74) is 1.03. The van der Waals surface area contributed by atoms with Crippen LogP contribution in [0.15, 0.2) is 18.2 Å². The third-order valence-corrected chi connectivity index (χ3v) is 3.07. The van der Waals surface area contributed by atoms with Crippen LogP contribution in [0, 0.1) is 0 Å². The Morgan fingerprint density at radius 1 is 1.20 bits per heavy atom. The molecule has 0 aliphatic rings. The van der Waals surface area contributed by atoms with Crippen molar-refractivity contribution in [3.05, 3.63) is 28.8 Å². The van der Waals surface area contributed by atoms with Gasteiger partial charge in [0.25, 0.3) is 0 Å². The fraction of sp³-hybridized carbons (Fsp3) is 0.571. The first-order valence-corrected chi connectivity index (χ1v) is 6.68. The minimum absolute atomic E-state index is 0.140. The summed E-state index contributed by atoms with van der Waals surface area (Å²) < 4.78 is 37.5. The Kier molecular flexibility index (Phi) is 5.33. The fourth-order valence-corrected chi connectivity index (χ4v) is 2.02. The molecule has 1 N–H and O–H groups in total. The van der Waals surface area contributed by atoms with Crippen molar-refractivity contribution in [2.24, 2.45) is 0 Å². The number of nitrogens with zero attached hydrogens (tertiary/aromatic N) is 1. The normalized spacial score (nSPS) is 12.6. The Hall–Kier alpha value is -0.940. The number of rotatable bonds is 4. The Labute approximate surface area is 122 Å². The van der Waals surface area contributed by atoms with Crippen LogP contribution in [0.5, 0.6) is 0 Å². The van der Waals surface area contributed by atoms with Crippen LogP contribution in [0.1, 0.15) is 26.3 Å². The molecule has 0 saturated heterocycles. The summed E-state index contributed by atoms with van der Waals surface area (Å²) in [5, 5.41) is 3.71. The molecule has 0 amide bonds. The maximum absolute atomic E-state index is 12.5. The molecule has 1 aromatic carbocycles. The van der Waals surface area contributed by atoms with Crippen LogP contribution >= 0.6 is 11.6 Å². The van der Waals surface area contributed by atoms with Crippen molar-refractivity contribution in [1.29, 1.82) is 0 Å². The Bertz CT molecular complexity index is 453. The fourth-order valence-electron chi connectivity index (χ4n) is 1.79. The van der Waals surface area contributed by atoms with E-state index in [1.807, 2.05) is 20.8 Å². The third kappa shape index (κ3) is 5.59. The van der Waals surface area contributed by atoms with Crippen LogP contribution in [-0.2, 0) is 6.54 Å². The predicted molar refractivity (Wildman–Crippen MR) is 77.4 cm³/mol. The van der Waals surface area contributed by atoms with Crippen molar-refractivity contribution < 1.29 is 13.2 Å². The SMILES string of the molecule is CN(CC(F)(F)F)c1cccc(Cl)c1CNC(C)(C)C. The molecule has 114 valence electrons. The van der Waals surface area contributed by atoms with Crippen LogP contribution in [-0.4, -0.2) is 25.3 Å². The van der Waals surface area contributed by atoms with E-state index in [1.54, 1.807) is 18.2 Å². The van der Waals surface area contributed by atoms with Crippen molar-refractivity contribution in [1.82, 2.24) is 5.32 Å². The maximum atomic E-state index is 12.5. The highest BCUT2D eigenvalue weighted by Gasteiger charge is 2.30. The molecule has 0 bridgehead atoms. The lowest BCUT2D eigenvalue weighted by Crippen LogP contribution is -2.36. The molecular weight excluding hydrogens is 289 g/mol. The topological polar surface area (TPSA) is 15.3 Å². The van der Waals surface area contributed by atoms with Crippen LogP contribution < -0.4 is 10.2 Å². The van der Waals surface area contributed by atoms with Gasteiger partial charge in [0.15, 0.2) is 0 Å². The average molecular weight is 309 g/mol. The van der Waals surface area contributed by atoms with E-state index in [9.17, 15) is 13.2 Å². The maximum Gasteiger partial charge on any atom is 0.405 e. The zero-order chi connectivity index (χ0) is 15.6. The van der Waals surface area contributed by atoms with Crippen molar-refractivity contribution in [2.45, 2.75) is 39.0 Å². The van der Waals surface area contributed by atoms with Crippen LogP contribution in [0.4, 0.5) is 18.9 Å². The second-order valence-corrected chi connectivity index (χ2v) is 6.22. The first-order chi connectivity index (χ1) is 8.99. The Morgan fingerprint density at radius 2 is 1.80 bits per heavy atom. The lowest BCUT2D eigenvalue weighted by atomic mass is 10.1. The molecule has 0 radical (unpaired) electrons. The number of hydrogen-bond donors (Lipinski definition) is 1. The van der Waals surface area contributed by atoms with Crippen LogP contribution in [0.3, 0.4) is 0 Å². The number of anilines is 1. The molecule has 1 aromatic rings. The Balaban J connectivity index is 2.99. The van der Waals surface area contributed by atoms with E-state index in [0.29, 0.717) is 22.8 Å². The van der Waals surface area contributed by atoms with E-state index < -0.39 is 12.7 Å². The molecule has 0 spiro atoms. The summed E-state index contributed by atoms with van der Waals surface area (Å²) >= 11 is 6.13. The van der Waals surface area contributed by atoms with Gasteiger partial charge in [0.2, 0.25) is 0 Å². The summed E-state index contributed by atoms with van der Waals surface area (Å²) in [4.78, 5) is 1.17. The molecule has 0 aliphatic carbocycles. The van der Waals surface area contributed by atoms with E-state index >= 15 is 0 Å². The van der Waals surface area contributed by atoms with Gasteiger partial charge >= 0.3 is 6.18 Å². The summed E-state index contributed by atoms with van der Waals surface area (Å²) in [6.45, 7) is 5.38. The zero-order valence-electron chi connectivity index (χ0n) is 12.1. The first kappa shape index (κ1) is 17.1. The molecule has 0 aromatic heterocycles. The van der Waals surface area contributed by atoms with Gasteiger partial charge in [-0.3, -0.25) is 0 Å². The molecule has 0 saturated carbocycles. The number of nitrogens with one attached hydrogen (secondary N) is 1. The van der Waals surface area contributed by atoms with E-state index in [1.165, 1.54) is 11.9 Å². The highest BCUT2D eigenvalue weighted by molar-refractivity contribution is 6.31. The van der Waals surface area contributed by atoms with Crippen molar-refractivity contribution in [2.75, 3.05) is 18.5 Å².